The molecule has 92 valence electrons. The molecule has 0 aliphatic carbocycles. The molecule has 1 saturated heterocycles. The molecule has 0 aromatic rings. The zero-order chi connectivity index (χ0) is 12.0. The summed E-state index contributed by atoms with van der Waals surface area (Å²) in [5.41, 5.74) is 0. The molecule has 16 heavy (non-hydrogen) atoms. The highest BCUT2D eigenvalue weighted by atomic mass is 32.2. The van der Waals surface area contributed by atoms with Crippen LogP contribution in [-0.4, -0.2) is 32.5 Å². The van der Waals surface area contributed by atoms with E-state index in [9.17, 15) is 13.2 Å². The molecule has 1 heterocycles. The van der Waals surface area contributed by atoms with Gasteiger partial charge in [-0.25, -0.2) is 8.42 Å². The van der Waals surface area contributed by atoms with E-state index in [1.165, 1.54) is 7.11 Å². The number of hydrogen-bond acceptors (Lipinski definition) is 4. The summed E-state index contributed by atoms with van der Waals surface area (Å²) in [5.74, 6) is 0.00504. The highest BCUT2D eigenvalue weighted by Crippen LogP contribution is 2.22. The van der Waals surface area contributed by atoms with Crippen molar-refractivity contribution in [2.75, 3.05) is 12.9 Å². The van der Waals surface area contributed by atoms with Gasteiger partial charge in [-0.1, -0.05) is 18.6 Å². The first-order chi connectivity index (χ1) is 7.56. The number of sulfone groups is 1. The summed E-state index contributed by atoms with van der Waals surface area (Å²) in [6.45, 7) is 0. The standard InChI is InChI=1S/C11H18O4S/c1-15-11(12)8-3-2-6-10-7-4-5-9-16(10,13)14/h2-3,10H,4-9H2,1H3/b3-2-. The zero-order valence-electron chi connectivity index (χ0n) is 9.52. The van der Waals surface area contributed by atoms with Crippen LogP contribution in [0.15, 0.2) is 12.2 Å². The van der Waals surface area contributed by atoms with E-state index in [1.807, 2.05) is 0 Å². The summed E-state index contributed by atoms with van der Waals surface area (Å²) in [4.78, 5) is 10.8. The predicted molar refractivity (Wildman–Crippen MR) is 61.8 cm³/mol. The first-order valence-corrected chi connectivity index (χ1v) is 7.21. The van der Waals surface area contributed by atoms with E-state index < -0.39 is 9.84 Å². The van der Waals surface area contributed by atoms with Crippen molar-refractivity contribution in [1.29, 1.82) is 0 Å². The minimum atomic E-state index is -2.90. The first-order valence-electron chi connectivity index (χ1n) is 5.49. The van der Waals surface area contributed by atoms with E-state index in [0.717, 1.165) is 19.3 Å². The second-order valence-electron chi connectivity index (χ2n) is 3.97. The fourth-order valence-corrected chi connectivity index (χ4v) is 3.67. The maximum atomic E-state index is 11.6. The van der Waals surface area contributed by atoms with E-state index in [2.05, 4.69) is 4.74 Å². The molecule has 0 spiro atoms. The van der Waals surface area contributed by atoms with Crippen molar-refractivity contribution in [3.05, 3.63) is 12.2 Å². The number of methoxy groups -OCH3 is 1. The highest BCUT2D eigenvalue weighted by molar-refractivity contribution is 7.92. The Labute approximate surface area is 96.6 Å². The summed E-state index contributed by atoms with van der Waals surface area (Å²) in [6.07, 6.45) is 6.67. The van der Waals surface area contributed by atoms with Gasteiger partial charge in [0.2, 0.25) is 0 Å². The molecule has 1 unspecified atom stereocenters. The third-order valence-electron chi connectivity index (χ3n) is 2.79. The average Bonchev–Trinajstić information content (AvgIpc) is 2.25. The Kier molecular flexibility index (Phi) is 4.99. The summed E-state index contributed by atoms with van der Waals surface area (Å²) in [6, 6.07) is 0. The van der Waals surface area contributed by atoms with Gasteiger partial charge >= 0.3 is 5.97 Å². The van der Waals surface area contributed by atoms with Crippen molar-refractivity contribution < 1.29 is 17.9 Å². The van der Waals surface area contributed by atoms with Gasteiger partial charge in [-0.2, -0.15) is 0 Å². The Balaban J connectivity index is 2.39. The second-order valence-corrected chi connectivity index (χ2v) is 6.37. The van der Waals surface area contributed by atoms with Crippen LogP contribution < -0.4 is 0 Å². The van der Waals surface area contributed by atoms with Crippen molar-refractivity contribution in [2.45, 2.75) is 37.4 Å². The third kappa shape index (κ3) is 3.96. The van der Waals surface area contributed by atoms with Gasteiger partial charge in [0.25, 0.3) is 0 Å². The Morgan fingerprint density at radius 2 is 2.12 bits per heavy atom. The fourth-order valence-electron chi connectivity index (χ4n) is 1.80. The number of rotatable bonds is 4. The molecule has 5 heteroatoms. The average molecular weight is 246 g/mol. The molecule has 1 atom stereocenters. The van der Waals surface area contributed by atoms with E-state index in [0.29, 0.717) is 12.2 Å². The molecule has 0 N–H and O–H groups in total. The Morgan fingerprint density at radius 1 is 1.38 bits per heavy atom. The SMILES string of the molecule is COC(=O)C/C=C\CC1CCCCS1(=O)=O. The lowest BCUT2D eigenvalue weighted by molar-refractivity contribution is -0.139. The molecule has 0 aromatic heterocycles. The van der Waals surface area contributed by atoms with Crippen molar-refractivity contribution >= 4 is 15.8 Å². The maximum absolute atomic E-state index is 11.6. The number of ether oxygens (including phenoxy) is 1. The number of carbonyl (C=O) groups is 1. The molecule has 1 aliphatic heterocycles. The van der Waals surface area contributed by atoms with Gasteiger partial charge in [-0.05, 0) is 19.3 Å². The van der Waals surface area contributed by atoms with Crippen LogP contribution in [0.1, 0.15) is 32.1 Å². The third-order valence-corrected chi connectivity index (χ3v) is 5.09. The molecular formula is C11H18O4S. The Morgan fingerprint density at radius 3 is 2.75 bits per heavy atom. The zero-order valence-corrected chi connectivity index (χ0v) is 10.3. The van der Waals surface area contributed by atoms with Crippen LogP contribution in [0, 0.1) is 0 Å². The van der Waals surface area contributed by atoms with Crippen LogP contribution in [0.2, 0.25) is 0 Å². The lowest BCUT2D eigenvalue weighted by Crippen LogP contribution is -2.27. The quantitative estimate of drug-likeness (QED) is 0.556. The summed E-state index contributed by atoms with van der Waals surface area (Å²) >= 11 is 0. The molecule has 0 amide bonds. The lowest BCUT2D eigenvalue weighted by Gasteiger charge is -2.20. The van der Waals surface area contributed by atoms with Gasteiger partial charge < -0.3 is 4.74 Å². The van der Waals surface area contributed by atoms with Gasteiger partial charge in [-0.15, -0.1) is 0 Å². The number of carbonyl (C=O) groups excluding carboxylic acids is 1. The molecule has 1 fully saturated rings. The van der Waals surface area contributed by atoms with Gasteiger partial charge in [-0.3, -0.25) is 4.79 Å². The summed E-state index contributed by atoms with van der Waals surface area (Å²) in [5, 5.41) is -0.254. The van der Waals surface area contributed by atoms with Gasteiger partial charge in [0.05, 0.1) is 24.5 Å². The van der Waals surface area contributed by atoms with Crippen molar-refractivity contribution in [3.8, 4) is 0 Å². The van der Waals surface area contributed by atoms with Gasteiger partial charge in [0.15, 0.2) is 9.84 Å². The van der Waals surface area contributed by atoms with Crippen LogP contribution in [0.4, 0.5) is 0 Å². The summed E-state index contributed by atoms with van der Waals surface area (Å²) in [7, 11) is -1.56. The number of hydrogen-bond donors (Lipinski definition) is 0. The van der Waals surface area contributed by atoms with Crippen LogP contribution in [-0.2, 0) is 19.4 Å². The molecular weight excluding hydrogens is 228 g/mol. The lowest BCUT2D eigenvalue weighted by atomic mass is 10.1. The van der Waals surface area contributed by atoms with Crippen LogP contribution in [0.25, 0.3) is 0 Å². The largest absolute Gasteiger partial charge is 0.469 e. The monoisotopic (exact) mass is 246 g/mol. The van der Waals surface area contributed by atoms with Crippen LogP contribution in [0.3, 0.4) is 0 Å². The second kappa shape index (κ2) is 6.03. The minimum Gasteiger partial charge on any atom is -0.469 e. The molecule has 0 saturated carbocycles. The number of esters is 1. The first kappa shape index (κ1) is 13.2. The minimum absolute atomic E-state index is 0.212. The topological polar surface area (TPSA) is 60.4 Å². The molecule has 1 aliphatic rings. The van der Waals surface area contributed by atoms with E-state index in [1.54, 1.807) is 12.2 Å². The van der Waals surface area contributed by atoms with E-state index >= 15 is 0 Å². The molecule has 0 aromatic carbocycles. The van der Waals surface area contributed by atoms with Crippen LogP contribution in [0.5, 0.6) is 0 Å². The van der Waals surface area contributed by atoms with Gasteiger partial charge in [0, 0.05) is 0 Å². The molecule has 4 nitrogen and oxygen atoms in total. The van der Waals surface area contributed by atoms with Crippen LogP contribution >= 0.6 is 0 Å². The van der Waals surface area contributed by atoms with E-state index in [4.69, 9.17) is 0 Å². The number of allylic oxidation sites excluding steroid dienone is 1. The van der Waals surface area contributed by atoms with Crippen molar-refractivity contribution in [3.63, 3.8) is 0 Å². The van der Waals surface area contributed by atoms with Crippen molar-refractivity contribution in [1.82, 2.24) is 0 Å². The van der Waals surface area contributed by atoms with Crippen molar-refractivity contribution in [2.24, 2.45) is 0 Å². The highest BCUT2D eigenvalue weighted by Gasteiger charge is 2.27. The van der Waals surface area contributed by atoms with E-state index in [-0.39, 0.29) is 17.6 Å². The van der Waals surface area contributed by atoms with Gasteiger partial charge in [0.1, 0.15) is 0 Å². The molecule has 0 bridgehead atoms. The molecule has 0 radical (unpaired) electrons. The summed E-state index contributed by atoms with van der Waals surface area (Å²) < 4.78 is 27.8. The predicted octanol–water partition coefficient (Wildman–Crippen LogP) is 1.46. The normalized spacial score (nSPS) is 24.4. The Bertz CT molecular complexity index is 356. The fraction of sp³-hybridized carbons (Fsp3) is 0.727. The smallest absolute Gasteiger partial charge is 0.309 e. The Hall–Kier alpha value is -0.840. The molecule has 1 rings (SSSR count). The maximum Gasteiger partial charge on any atom is 0.309 e.